The van der Waals surface area contributed by atoms with Gasteiger partial charge in [0, 0.05) is 6.04 Å². The minimum Gasteiger partial charge on any atom is -0.497 e. The quantitative estimate of drug-likeness (QED) is 0.349. The summed E-state index contributed by atoms with van der Waals surface area (Å²) in [6.07, 6.45) is 6.24. The number of benzene rings is 1. The van der Waals surface area contributed by atoms with E-state index in [1.807, 2.05) is 24.3 Å². The molecule has 1 aromatic heterocycles. The minimum atomic E-state index is -0.291. The predicted molar refractivity (Wildman–Crippen MR) is 111 cm³/mol. The van der Waals surface area contributed by atoms with Gasteiger partial charge < -0.3 is 19.5 Å². The lowest BCUT2D eigenvalue weighted by atomic mass is 9.96. The number of anilines is 1. The van der Waals surface area contributed by atoms with E-state index in [1.54, 1.807) is 7.11 Å². The molecule has 0 spiro atoms. The third kappa shape index (κ3) is 6.87. The number of hydrogen-bond acceptors (Lipinski definition) is 9. The molecule has 9 heteroatoms. The molecular weight excluding hydrogens is 398 g/mol. The highest BCUT2D eigenvalue weighted by Gasteiger charge is 2.15. The second kappa shape index (κ2) is 11.1. The average Bonchev–Trinajstić information content (AvgIpc) is 3.18. The van der Waals surface area contributed by atoms with Crippen molar-refractivity contribution in [1.82, 2.24) is 10.2 Å². The zero-order valence-electron chi connectivity index (χ0n) is 15.9. The molecule has 1 saturated carbocycles. The Balaban J connectivity index is 1.29. The number of nitrogens with one attached hydrogen (secondary N) is 1. The van der Waals surface area contributed by atoms with Crippen LogP contribution in [0, 0.1) is 0 Å². The summed E-state index contributed by atoms with van der Waals surface area (Å²) >= 11 is 2.83. The first-order valence-corrected chi connectivity index (χ1v) is 11.2. The van der Waals surface area contributed by atoms with Crippen molar-refractivity contribution in [1.29, 1.82) is 0 Å². The highest BCUT2D eigenvalue weighted by atomic mass is 32.2. The molecule has 1 aliphatic carbocycles. The van der Waals surface area contributed by atoms with E-state index in [1.165, 1.54) is 55.2 Å². The van der Waals surface area contributed by atoms with E-state index in [2.05, 4.69) is 15.5 Å². The molecule has 152 valence electrons. The van der Waals surface area contributed by atoms with Crippen molar-refractivity contribution in [3.63, 3.8) is 0 Å². The Morgan fingerprint density at radius 2 is 1.89 bits per heavy atom. The van der Waals surface area contributed by atoms with Crippen LogP contribution in [0.5, 0.6) is 11.5 Å². The maximum absolute atomic E-state index is 11.9. The number of aromatic nitrogens is 2. The number of carbonyl (C=O) groups is 1. The number of nitrogens with zero attached hydrogens (tertiary/aromatic N) is 2. The number of esters is 1. The molecule has 1 heterocycles. The van der Waals surface area contributed by atoms with Crippen molar-refractivity contribution in [3.05, 3.63) is 24.3 Å². The summed E-state index contributed by atoms with van der Waals surface area (Å²) in [5, 5.41) is 12.6. The van der Waals surface area contributed by atoms with Crippen LogP contribution in [0.3, 0.4) is 0 Å². The molecule has 1 fully saturated rings. The second-order valence-corrected chi connectivity index (χ2v) is 8.59. The number of ether oxygens (including phenoxy) is 3. The highest BCUT2D eigenvalue weighted by molar-refractivity contribution is 8.01. The standard InChI is InChI=1S/C19H25N3O4S2/c1-24-15-7-9-16(10-8-15)25-11-12-26-17(23)13-27-19-22-21-18(28-19)20-14-5-3-2-4-6-14/h7-10,14H,2-6,11-13H2,1H3,(H,20,21). The van der Waals surface area contributed by atoms with Crippen LogP contribution in [0.15, 0.2) is 28.6 Å². The summed E-state index contributed by atoms with van der Waals surface area (Å²) in [5.74, 6) is 1.39. The normalized spacial score (nSPS) is 14.5. The smallest absolute Gasteiger partial charge is 0.316 e. The Morgan fingerprint density at radius 1 is 1.14 bits per heavy atom. The fraction of sp³-hybridized carbons (Fsp3) is 0.526. The van der Waals surface area contributed by atoms with Crippen molar-refractivity contribution in [2.24, 2.45) is 0 Å². The fourth-order valence-electron chi connectivity index (χ4n) is 2.90. The largest absolute Gasteiger partial charge is 0.497 e. The van der Waals surface area contributed by atoms with Crippen molar-refractivity contribution >= 4 is 34.2 Å². The SMILES string of the molecule is COc1ccc(OCCOC(=O)CSc2nnc(NC3CCCCC3)s2)cc1. The molecule has 1 aromatic carbocycles. The third-order valence-corrected chi connectivity index (χ3v) is 6.29. The number of thioether (sulfide) groups is 1. The molecule has 0 unspecified atom stereocenters. The zero-order valence-corrected chi connectivity index (χ0v) is 17.5. The Labute approximate surface area is 173 Å². The summed E-state index contributed by atoms with van der Waals surface area (Å²) in [7, 11) is 1.61. The predicted octanol–water partition coefficient (Wildman–Crippen LogP) is 4.01. The molecule has 1 aliphatic rings. The summed E-state index contributed by atoms with van der Waals surface area (Å²) in [4.78, 5) is 11.9. The van der Waals surface area contributed by atoms with Gasteiger partial charge in [-0.25, -0.2) is 0 Å². The molecule has 1 N–H and O–H groups in total. The van der Waals surface area contributed by atoms with Gasteiger partial charge in [-0.3, -0.25) is 4.79 Å². The van der Waals surface area contributed by atoms with E-state index >= 15 is 0 Å². The summed E-state index contributed by atoms with van der Waals surface area (Å²) in [6.45, 7) is 0.507. The summed E-state index contributed by atoms with van der Waals surface area (Å²) in [5.41, 5.74) is 0. The van der Waals surface area contributed by atoms with Crippen molar-refractivity contribution in [2.75, 3.05) is 31.4 Å². The molecule has 0 atom stereocenters. The monoisotopic (exact) mass is 423 g/mol. The first-order valence-electron chi connectivity index (χ1n) is 9.38. The topological polar surface area (TPSA) is 82.6 Å². The molecule has 0 aliphatic heterocycles. The average molecular weight is 424 g/mol. The van der Waals surface area contributed by atoms with Gasteiger partial charge in [0.2, 0.25) is 5.13 Å². The molecule has 0 radical (unpaired) electrons. The van der Waals surface area contributed by atoms with Gasteiger partial charge in [0.1, 0.15) is 24.7 Å². The van der Waals surface area contributed by atoms with Crippen molar-refractivity contribution in [2.45, 2.75) is 42.5 Å². The van der Waals surface area contributed by atoms with E-state index in [0.717, 1.165) is 15.2 Å². The van der Waals surface area contributed by atoms with Gasteiger partial charge in [-0.05, 0) is 37.1 Å². The molecule has 7 nitrogen and oxygen atoms in total. The Morgan fingerprint density at radius 3 is 2.64 bits per heavy atom. The van der Waals surface area contributed by atoms with Gasteiger partial charge in [-0.15, -0.1) is 10.2 Å². The number of hydrogen-bond donors (Lipinski definition) is 1. The van der Waals surface area contributed by atoms with Gasteiger partial charge in [0.15, 0.2) is 4.34 Å². The van der Waals surface area contributed by atoms with Gasteiger partial charge in [-0.1, -0.05) is 42.4 Å². The van der Waals surface area contributed by atoms with E-state index in [9.17, 15) is 4.79 Å². The van der Waals surface area contributed by atoms with E-state index in [-0.39, 0.29) is 18.3 Å². The van der Waals surface area contributed by atoms with Crippen LogP contribution in [0.2, 0.25) is 0 Å². The third-order valence-electron chi connectivity index (χ3n) is 4.33. The number of carbonyl (C=O) groups excluding carboxylic acids is 1. The van der Waals surface area contributed by atoms with E-state index < -0.39 is 0 Å². The Bertz CT molecular complexity index is 733. The Hall–Kier alpha value is -2.00. The Kier molecular flexibility index (Phi) is 8.23. The molecule has 2 aromatic rings. The van der Waals surface area contributed by atoms with Gasteiger partial charge >= 0.3 is 5.97 Å². The second-order valence-electron chi connectivity index (χ2n) is 6.39. The molecule has 0 amide bonds. The lowest BCUT2D eigenvalue weighted by Gasteiger charge is -2.21. The lowest BCUT2D eigenvalue weighted by molar-refractivity contribution is -0.141. The minimum absolute atomic E-state index is 0.204. The molecule has 3 rings (SSSR count). The van der Waals surface area contributed by atoms with Crippen LogP contribution < -0.4 is 14.8 Å². The van der Waals surface area contributed by atoms with Crippen LogP contribution in [0.1, 0.15) is 32.1 Å². The van der Waals surface area contributed by atoms with E-state index in [4.69, 9.17) is 14.2 Å². The van der Waals surface area contributed by atoms with Crippen LogP contribution in [0.25, 0.3) is 0 Å². The molecule has 0 bridgehead atoms. The number of methoxy groups -OCH3 is 1. The van der Waals surface area contributed by atoms with Crippen molar-refractivity contribution < 1.29 is 19.0 Å². The molecule has 28 heavy (non-hydrogen) atoms. The van der Waals surface area contributed by atoms with Gasteiger partial charge in [0.25, 0.3) is 0 Å². The summed E-state index contributed by atoms with van der Waals surface area (Å²) < 4.78 is 16.6. The first kappa shape index (κ1) is 20.7. The maximum Gasteiger partial charge on any atom is 0.316 e. The van der Waals surface area contributed by atoms with E-state index in [0.29, 0.717) is 18.4 Å². The number of rotatable bonds is 10. The van der Waals surface area contributed by atoms with Gasteiger partial charge in [-0.2, -0.15) is 0 Å². The lowest BCUT2D eigenvalue weighted by Crippen LogP contribution is -2.21. The first-order chi connectivity index (χ1) is 13.7. The fourth-order valence-corrected chi connectivity index (χ4v) is 4.52. The van der Waals surface area contributed by atoms with Gasteiger partial charge in [0.05, 0.1) is 12.9 Å². The zero-order chi connectivity index (χ0) is 19.6. The highest BCUT2D eigenvalue weighted by Crippen LogP contribution is 2.28. The van der Waals surface area contributed by atoms with Crippen molar-refractivity contribution in [3.8, 4) is 11.5 Å². The van der Waals surface area contributed by atoms with Crippen LogP contribution in [-0.4, -0.2) is 48.3 Å². The summed E-state index contributed by atoms with van der Waals surface area (Å²) in [6, 6.07) is 7.75. The maximum atomic E-state index is 11.9. The van der Waals surface area contributed by atoms with Crippen LogP contribution in [-0.2, 0) is 9.53 Å². The molecule has 0 saturated heterocycles. The van der Waals surface area contributed by atoms with Crippen LogP contribution in [0.4, 0.5) is 5.13 Å². The molecular formula is C19H25N3O4S2. The van der Waals surface area contributed by atoms with Crippen LogP contribution >= 0.6 is 23.1 Å².